The molecule has 0 aliphatic rings. The van der Waals surface area contributed by atoms with Gasteiger partial charge in [0.05, 0.1) is 21.4 Å². The van der Waals surface area contributed by atoms with Crippen LogP contribution >= 0.6 is 23.2 Å². The Kier molecular flexibility index (Phi) is 6.54. The van der Waals surface area contributed by atoms with Crippen LogP contribution in [0.1, 0.15) is 13.8 Å². The summed E-state index contributed by atoms with van der Waals surface area (Å²) < 4.78 is 0. The van der Waals surface area contributed by atoms with Gasteiger partial charge in [-0.05, 0) is 38.1 Å². The summed E-state index contributed by atoms with van der Waals surface area (Å²) in [5.41, 5.74) is 7.03. The van der Waals surface area contributed by atoms with Gasteiger partial charge in [-0.15, -0.1) is 0 Å². The summed E-state index contributed by atoms with van der Waals surface area (Å²) in [7, 11) is 0. The number of nitrogen functional groups attached to an aromatic ring is 1. The molecule has 0 aliphatic heterocycles. The number of nitrogens with two attached hydrogens (primary N) is 1. The highest BCUT2D eigenvalue weighted by atomic mass is 35.5. The number of para-hydroxylation sites is 2. The Morgan fingerprint density at radius 1 is 0.895 bits per heavy atom. The SMILES string of the molecule is CC(C)Nc1ccccc1Cl.Nc1ccccc1Cl. The minimum atomic E-state index is 0.426. The predicted molar refractivity (Wildman–Crippen MR) is 86.1 cm³/mol. The van der Waals surface area contributed by atoms with Gasteiger partial charge in [-0.2, -0.15) is 0 Å². The van der Waals surface area contributed by atoms with Crippen LogP contribution in [0.3, 0.4) is 0 Å². The molecule has 2 aromatic rings. The van der Waals surface area contributed by atoms with Crippen molar-refractivity contribution in [2.75, 3.05) is 11.1 Å². The third kappa shape index (κ3) is 5.86. The van der Waals surface area contributed by atoms with E-state index < -0.39 is 0 Å². The zero-order valence-corrected chi connectivity index (χ0v) is 12.5. The lowest BCUT2D eigenvalue weighted by Crippen LogP contribution is -2.09. The fourth-order valence-corrected chi connectivity index (χ4v) is 1.69. The van der Waals surface area contributed by atoms with Crippen LogP contribution in [0.15, 0.2) is 48.5 Å². The second-order valence-corrected chi connectivity index (χ2v) is 5.11. The van der Waals surface area contributed by atoms with Crippen LogP contribution in [-0.2, 0) is 0 Å². The Hall–Kier alpha value is -1.38. The topological polar surface area (TPSA) is 38.0 Å². The van der Waals surface area contributed by atoms with Crippen molar-refractivity contribution in [3.8, 4) is 0 Å². The number of benzene rings is 2. The van der Waals surface area contributed by atoms with Crippen molar-refractivity contribution in [1.82, 2.24) is 0 Å². The maximum atomic E-state index is 5.91. The molecule has 0 heterocycles. The molecule has 2 nitrogen and oxygen atoms in total. The van der Waals surface area contributed by atoms with E-state index >= 15 is 0 Å². The zero-order chi connectivity index (χ0) is 14.3. The smallest absolute Gasteiger partial charge is 0.0637 e. The summed E-state index contributed by atoms with van der Waals surface area (Å²) in [5.74, 6) is 0. The van der Waals surface area contributed by atoms with E-state index in [4.69, 9.17) is 28.9 Å². The summed E-state index contributed by atoms with van der Waals surface area (Å²) in [6.07, 6.45) is 0. The van der Waals surface area contributed by atoms with Crippen molar-refractivity contribution in [2.45, 2.75) is 19.9 Å². The average molecular weight is 297 g/mol. The van der Waals surface area contributed by atoms with Crippen LogP contribution in [0.2, 0.25) is 10.0 Å². The lowest BCUT2D eigenvalue weighted by molar-refractivity contribution is 0.900. The van der Waals surface area contributed by atoms with Crippen LogP contribution in [0.5, 0.6) is 0 Å². The van der Waals surface area contributed by atoms with E-state index in [0.717, 1.165) is 10.7 Å². The van der Waals surface area contributed by atoms with Crippen molar-refractivity contribution < 1.29 is 0 Å². The highest BCUT2D eigenvalue weighted by molar-refractivity contribution is 6.33. The van der Waals surface area contributed by atoms with Gasteiger partial charge in [0.25, 0.3) is 0 Å². The van der Waals surface area contributed by atoms with Crippen LogP contribution in [-0.4, -0.2) is 6.04 Å². The molecular weight excluding hydrogens is 279 g/mol. The minimum Gasteiger partial charge on any atom is -0.398 e. The summed E-state index contributed by atoms with van der Waals surface area (Å²) >= 11 is 11.5. The Balaban J connectivity index is 0.000000200. The van der Waals surface area contributed by atoms with Crippen LogP contribution < -0.4 is 11.1 Å². The molecule has 0 aromatic heterocycles. The predicted octanol–water partition coefficient (Wildman–Crippen LogP) is 5.08. The van der Waals surface area contributed by atoms with Crippen LogP contribution in [0.25, 0.3) is 0 Å². The van der Waals surface area contributed by atoms with E-state index in [2.05, 4.69) is 19.2 Å². The van der Waals surface area contributed by atoms with Crippen molar-refractivity contribution in [1.29, 1.82) is 0 Å². The number of hydrogen-bond acceptors (Lipinski definition) is 2. The number of halogens is 2. The zero-order valence-electron chi connectivity index (χ0n) is 11.0. The Morgan fingerprint density at radius 3 is 1.84 bits per heavy atom. The molecule has 0 atom stereocenters. The molecular formula is C15H18Cl2N2. The summed E-state index contributed by atoms with van der Waals surface area (Å²) in [4.78, 5) is 0. The Labute approximate surface area is 124 Å². The average Bonchev–Trinajstić information content (AvgIpc) is 2.36. The molecule has 19 heavy (non-hydrogen) atoms. The molecule has 0 amide bonds. The van der Waals surface area contributed by atoms with Gasteiger partial charge < -0.3 is 11.1 Å². The molecule has 0 saturated heterocycles. The van der Waals surface area contributed by atoms with Gasteiger partial charge >= 0.3 is 0 Å². The first-order chi connectivity index (χ1) is 9.00. The second kappa shape index (κ2) is 7.93. The van der Waals surface area contributed by atoms with Crippen molar-refractivity contribution in [3.63, 3.8) is 0 Å². The first-order valence-corrected chi connectivity index (χ1v) is 6.77. The molecule has 0 fully saturated rings. The van der Waals surface area contributed by atoms with Gasteiger partial charge in [-0.25, -0.2) is 0 Å². The molecule has 3 N–H and O–H groups in total. The van der Waals surface area contributed by atoms with E-state index in [1.807, 2.05) is 36.4 Å². The molecule has 0 unspecified atom stereocenters. The van der Waals surface area contributed by atoms with Crippen molar-refractivity contribution in [3.05, 3.63) is 58.6 Å². The van der Waals surface area contributed by atoms with Gasteiger partial charge in [0.1, 0.15) is 0 Å². The molecule has 102 valence electrons. The first-order valence-electron chi connectivity index (χ1n) is 6.01. The summed E-state index contributed by atoms with van der Waals surface area (Å²) in [6.45, 7) is 4.17. The highest BCUT2D eigenvalue weighted by Gasteiger charge is 1.98. The number of rotatable bonds is 2. The van der Waals surface area contributed by atoms with E-state index in [1.165, 1.54) is 0 Å². The third-order valence-corrected chi connectivity index (χ3v) is 2.90. The molecule has 0 radical (unpaired) electrons. The standard InChI is InChI=1S/C9H12ClN.C6H6ClN/c1-7(2)11-9-6-4-3-5-8(9)10;7-5-3-1-2-4-6(5)8/h3-7,11H,1-2H3;1-4H,8H2. The lowest BCUT2D eigenvalue weighted by Gasteiger charge is -2.10. The minimum absolute atomic E-state index is 0.426. The summed E-state index contributed by atoms with van der Waals surface area (Å²) in [5, 5.41) is 4.64. The maximum Gasteiger partial charge on any atom is 0.0637 e. The molecule has 2 aromatic carbocycles. The molecule has 0 aliphatic carbocycles. The van der Waals surface area contributed by atoms with Gasteiger partial charge in [-0.3, -0.25) is 0 Å². The van der Waals surface area contributed by atoms with Gasteiger partial charge in [0.15, 0.2) is 0 Å². The fraction of sp³-hybridized carbons (Fsp3) is 0.200. The number of nitrogens with one attached hydrogen (secondary N) is 1. The van der Waals surface area contributed by atoms with Crippen LogP contribution in [0, 0.1) is 0 Å². The van der Waals surface area contributed by atoms with Crippen molar-refractivity contribution in [2.24, 2.45) is 0 Å². The van der Waals surface area contributed by atoms with E-state index in [-0.39, 0.29) is 0 Å². The highest BCUT2D eigenvalue weighted by Crippen LogP contribution is 2.20. The molecule has 2 rings (SSSR count). The van der Waals surface area contributed by atoms with Gasteiger partial charge in [-0.1, -0.05) is 47.5 Å². The molecule has 0 saturated carbocycles. The second-order valence-electron chi connectivity index (χ2n) is 4.30. The van der Waals surface area contributed by atoms with E-state index in [9.17, 15) is 0 Å². The van der Waals surface area contributed by atoms with Crippen molar-refractivity contribution >= 4 is 34.6 Å². The van der Waals surface area contributed by atoms with Gasteiger partial charge in [0.2, 0.25) is 0 Å². The quantitative estimate of drug-likeness (QED) is 0.758. The van der Waals surface area contributed by atoms with Crippen LogP contribution in [0.4, 0.5) is 11.4 Å². The number of hydrogen-bond donors (Lipinski definition) is 2. The third-order valence-electron chi connectivity index (χ3n) is 2.22. The Morgan fingerprint density at radius 2 is 1.42 bits per heavy atom. The lowest BCUT2D eigenvalue weighted by atomic mass is 10.3. The fourth-order valence-electron chi connectivity index (χ4n) is 1.36. The molecule has 0 bridgehead atoms. The normalized spacial score (nSPS) is 9.74. The van der Waals surface area contributed by atoms with Gasteiger partial charge in [0, 0.05) is 6.04 Å². The Bertz CT molecular complexity index is 492. The van der Waals surface area contributed by atoms with E-state index in [1.54, 1.807) is 12.1 Å². The maximum absolute atomic E-state index is 5.91. The summed E-state index contributed by atoms with van der Waals surface area (Å²) in [6, 6.07) is 15.4. The van der Waals surface area contributed by atoms with E-state index in [0.29, 0.717) is 16.8 Å². The first kappa shape index (κ1) is 15.7. The monoisotopic (exact) mass is 296 g/mol. The largest absolute Gasteiger partial charge is 0.398 e. The molecule has 4 heteroatoms. The molecule has 0 spiro atoms. The number of anilines is 2.